The van der Waals surface area contributed by atoms with Crippen molar-refractivity contribution in [2.45, 2.75) is 26.4 Å². The SMILES string of the molecule is COc1cc([N+](=O)[O-])ccc1NC(=O)[C@H](C)OC(=O)[C@@H]1C[C@@H]1C. The number of nitro groups is 1. The highest BCUT2D eigenvalue weighted by Gasteiger charge is 2.41. The van der Waals surface area contributed by atoms with Gasteiger partial charge in [-0.1, -0.05) is 6.92 Å². The fourth-order valence-electron chi connectivity index (χ4n) is 2.10. The van der Waals surface area contributed by atoms with Crippen LogP contribution in [0.3, 0.4) is 0 Å². The number of nitrogens with zero attached hydrogens (tertiary/aromatic N) is 1. The minimum atomic E-state index is -0.963. The lowest BCUT2D eigenvalue weighted by molar-refractivity contribution is -0.384. The van der Waals surface area contributed by atoms with Crippen molar-refractivity contribution >= 4 is 23.3 Å². The van der Waals surface area contributed by atoms with E-state index >= 15 is 0 Å². The first-order valence-corrected chi connectivity index (χ1v) is 7.17. The number of carbonyl (C=O) groups is 2. The smallest absolute Gasteiger partial charge is 0.309 e. The normalized spacial score (nSPS) is 20.3. The van der Waals surface area contributed by atoms with Gasteiger partial charge in [0.25, 0.3) is 11.6 Å². The Balaban J connectivity index is 2.01. The Labute approximate surface area is 132 Å². The molecule has 1 aliphatic rings. The fourth-order valence-corrected chi connectivity index (χ4v) is 2.10. The minimum absolute atomic E-state index is 0.126. The monoisotopic (exact) mass is 322 g/mol. The number of methoxy groups -OCH3 is 1. The molecule has 1 aliphatic carbocycles. The van der Waals surface area contributed by atoms with Crippen LogP contribution in [0.15, 0.2) is 18.2 Å². The van der Waals surface area contributed by atoms with Crippen LogP contribution in [-0.2, 0) is 14.3 Å². The van der Waals surface area contributed by atoms with Crippen LogP contribution in [0.4, 0.5) is 11.4 Å². The van der Waals surface area contributed by atoms with E-state index in [-0.39, 0.29) is 29.0 Å². The van der Waals surface area contributed by atoms with E-state index in [1.165, 1.54) is 32.2 Å². The van der Waals surface area contributed by atoms with Crippen molar-refractivity contribution in [3.05, 3.63) is 28.3 Å². The molecule has 2 rings (SSSR count). The van der Waals surface area contributed by atoms with Gasteiger partial charge in [-0.2, -0.15) is 0 Å². The number of esters is 1. The van der Waals surface area contributed by atoms with Gasteiger partial charge < -0.3 is 14.8 Å². The molecule has 0 unspecified atom stereocenters. The topological polar surface area (TPSA) is 108 Å². The summed E-state index contributed by atoms with van der Waals surface area (Å²) in [6.07, 6.45) is -0.182. The molecule has 1 saturated carbocycles. The number of ether oxygens (including phenoxy) is 2. The number of hydrogen-bond acceptors (Lipinski definition) is 6. The Hall–Kier alpha value is -2.64. The molecule has 1 amide bonds. The number of non-ortho nitro benzene ring substituents is 1. The summed E-state index contributed by atoms with van der Waals surface area (Å²) >= 11 is 0. The van der Waals surface area contributed by atoms with Crippen molar-refractivity contribution in [3.63, 3.8) is 0 Å². The number of nitrogens with one attached hydrogen (secondary N) is 1. The van der Waals surface area contributed by atoms with Crippen LogP contribution in [0.1, 0.15) is 20.3 Å². The van der Waals surface area contributed by atoms with Gasteiger partial charge in [0.2, 0.25) is 0 Å². The Morgan fingerprint density at radius 1 is 1.43 bits per heavy atom. The third kappa shape index (κ3) is 3.97. The van der Waals surface area contributed by atoms with Crippen molar-refractivity contribution in [3.8, 4) is 5.75 Å². The molecule has 8 nitrogen and oxygen atoms in total. The van der Waals surface area contributed by atoms with Gasteiger partial charge in [-0.3, -0.25) is 19.7 Å². The largest absolute Gasteiger partial charge is 0.494 e. The molecule has 0 radical (unpaired) electrons. The number of anilines is 1. The van der Waals surface area contributed by atoms with E-state index in [1.807, 2.05) is 6.92 Å². The van der Waals surface area contributed by atoms with E-state index in [1.54, 1.807) is 0 Å². The number of hydrogen-bond donors (Lipinski definition) is 1. The third-order valence-corrected chi connectivity index (χ3v) is 3.73. The summed E-state index contributed by atoms with van der Waals surface area (Å²) in [5.41, 5.74) is 0.118. The molecule has 0 bridgehead atoms. The van der Waals surface area contributed by atoms with E-state index in [2.05, 4.69) is 5.32 Å². The zero-order valence-electron chi connectivity index (χ0n) is 13.1. The average Bonchev–Trinajstić information content (AvgIpc) is 3.24. The minimum Gasteiger partial charge on any atom is -0.494 e. The molecular formula is C15H18N2O6. The van der Waals surface area contributed by atoms with Crippen molar-refractivity contribution < 1.29 is 24.0 Å². The molecule has 8 heteroatoms. The zero-order chi connectivity index (χ0) is 17.1. The van der Waals surface area contributed by atoms with Crippen LogP contribution >= 0.6 is 0 Å². The lowest BCUT2D eigenvalue weighted by atomic mass is 10.2. The lowest BCUT2D eigenvalue weighted by Gasteiger charge is -2.15. The number of benzene rings is 1. The highest BCUT2D eigenvalue weighted by atomic mass is 16.6. The Morgan fingerprint density at radius 2 is 2.09 bits per heavy atom. The van der Waals surface area contributed by atoms with Gasteiger partial charge in [0.15, 0.2) is 6.10 Å². The Bertz CT molecular complexity index is 645. The maximum absolute atomic E-state index is 12.1. The summed E-state index contributed by atoms with van der Waals surface area (Å²) in [6.45, 7) is 3.41. The molecule has 1 fully saturated rings. The third-order valence-electron chi connectivity index (χ3n) is 3.73. The molecule has 0 heterocycles. The van der Waals surface area contributed by atoms with Crippen LogP contribution in [0.2, 0.25) is 0 Å². The molecule has 0 aromatic heterocycles. The Kier molecular flexibility index (Phi) is 4.83. The summed E-state index contributed by atoms with van der Waals surface area (Å²) in [7, 11) is 1.34. The second kappa shape index (κ2) is 6.64. The summed E-state index contributed by atoms with van der Waals surface area (Å²) in [5, 5.41) is 13.3. The molecule has 3 atom stereocenters. The predicted octanol–water partition coefficient (Wildman–Crippen LogP) is 2.13. The Morgan fingerprint density at radius 3 is 2.61 bits per heavy atom. The molecule has 1 aromatic carbocycles. The highest BCUT2D eigenvalue weighted by molar-refractivity contribution is 5.96. The molecule has 1 N–H and O–H groups in total. The van der Waals surface area contributed by atoms with E-state index in [9.17, 15) is 19.7 Å². The van der Waals surface area contributed by atoms with Gasteiger partial charge >= 0.3 is 5.97 Å². The number of rotatable bonds is 6. The van der Waals surface area contributed by atoms with Gasteiger partial charge in [-0.15, -0.1) is 0 Å². The molecule has 0 saturated heterocycles. The molecular weight excluding hydrogens is 304 g/mol. The quantitative estimate of drug-likeness (QED) is 0.488. The number of amides is 1. The zero-order valence-corrected chi connectivity index (χ0v) is 13.1. The van der Waals surface area contributed by atoms with Crippen LogP contribution in [-0.4, -0.2) is 30.0 Å². The van der Waals surface area contributed by atoms with Crippen LogP contribution < -0.4 is 10.1 Å². The molecule has 1 aromatic rings. The average molecular weight is 322 g/mol. The molecule has 0 aliphatic heterocycles. The maximum atomic E-state index is 12.1. The molecule has 23 heavy (non-hydrogen) atoms. The van der Waals surface area contributed by atoms with Crippen molar-refractivity contribution in [1.29, 1.82) is 0 Å². The maximum Gasteiger partial charge on any atom is 0.309 e. The first kappa shape index (κ1) is 16.7. The van der Waals surface area contributed by atoms with E-state index < -0.39 is 16.9 Å². The standard InChI is InChI=1S/C15H18N2O6/c1-8-6-11(8)15(19)23-9(2)14(18)16-12-5-4-10(17(20)21)7-13(12)22-3/h4-5,7-9,11H,6H2,1-3H3,(H,16,18)/t8-,9-,11+/m0/s1. The molecule has 0 spiro atoms. The van der Waals surface area contributed by atoms with Crippen molar-refractivity contribution in [2.75, 3.05) is 12.4 Å². The highest BCUT2D eigenvalue weighted by Crippen LogP contribution is 2.38. The van der Waals surface area contributed by atoms with E-state index in [4.69, 9.17) is 9.47 Å². The molecule has 124 valence electrons. The predicted molar refractivity (Wildman–Crippen MR) is 81.1 cm³/mol. The summed E-state index contributed by atoms with van der Waals surface area (Å²) in [5.74, 6) is -0.580. The lowest BCUT2D eigenvalue weighted by Crippen LogP contribution is -2.30. The second-order valence-electron chi connectivity index (χ2n) is 5.53. The first-order valence-electron chi connectivity index (χ1n) is 7.17. The van der Waals surface area contributed by atoms with Crippen LogP contribution in [0, 0.1) is 22.0 Å². The number of carbonyl (C=O) groups excluding carboxylic acids is 2. The van der Waals surface area contributed by atoms with Crippen LogP contribution in [0.25, 0.3) is 0 Å². The van der Waals surface area contributed by atoms with E-state index in [0.29, 0.717) is 5.92 Å². The fraction of sp³-hybridized carbons (Fsp3) is 0.467. The van der Waals surface area contributed by atoms with Gasteiger partial charge in [-0.05, 0) is 25.3 Å². The van der Waals surface area contributed by atoms with Gasteiger partial charge in [0.1, 0.15) is 5.75 Å². The summed E-state index contributed by atoms with van der Waals surface area (Å²) in [6, 6.07) is 3.82. The van der Waals surface area contributed by atoms with Gasteiger partial charge in [0, 0.05) is 6.07 Å². The first-order chi connectivity index (χ1) is 10.8. The number of nitro benzene ring substituents is 1. The van der Waals surface area contributed by atoms with Crippen molar-refractivity contribution in [2.24, 2.45) is 11.8 Å². The van der Waals surface area contributed by atoms with Gasteiger partial charge in [-0.25, -0.2) is 0 Å². The van der Waals surface area contributed by atoms with E-state index in [0.717, 1.165) is 6.42 Å². The van der Waals surface area contributed by atoms with Gasteiger partial charge in [0.05, 0.1) is 29.7 Å². The van der Waals surface area contributed by atoms with Crippen molar-refractivity contribution in [1.82, 2.24) is 0 Å². The second-order valence-corrected chi connectivity index (χ2v) is 5.53. The van der Waals surface area contributed by atoms with Crippen LogP contribution in [0.5, 0.6) is 5.75 Å². The summed E-state index contributed by atoms with van der Waals surface area (Å²) < 4.78 is 10.1. The summed E-state index contributed by atoms with van der Waals surface area (Å²) in [4.78, 5) is 34.0.